The van der Waals surface area contributed by atoms with E-state index in [9.17, 15) is 0 Å². The number of benzene rings is 2. The Morgan fingerprint density at radius 1 is 0.737 bits per heavy atom. The largest absolute Gasteiger partial charge is 0.213 e. The first kappa shape index (κ1) is 10.5. The monoisotopic (exact) mass is 244 g/mol. The van der Waals surface area contributed by atoms with Gasteiger partial charge in [0.15, 0.2) is 12.7 Å². The van der Waals surface area contributed by atoms with E-state index in [2.05, 4.69) is 77.5 Å². The number of aromatic nitrogens is 1. The molecule has 1 aliphatic rings. The van der Waals surface area contributed by atoms with Crippen LogP contribution in [0.1, 0.15) is 5.56 Å². The molecule has 4 rings (SSSR count). The van der Waals surface area contributed by atoms with Crippen molar-refractivity contribution in [2.45, 2.75) is 6.54 Å². The van der Waals surface area contributed by atoms with E-state index in [1.807, 2.05) is 0 Å². The number of pyridine rings is 1. The lowest BCUT2D eigenvalue weighted by molar-refractivity contribution is -0.672. The van der Waals surface area contributed by atoms with Crippen LogP contribution in [-0.2, 0) is 6.54 Å². The van der Waals surface area contributed by atoms with Gasteiger partial charge in [-0.05, 0) is 17.2 Å². The van der Waals surface area contributed by atoms with Crippen LogP contribution in [0.3, 0.4) is 0 Å². The van der Waals surface area contributed by atoms with Crippen LogP contribution >= 0.6 is 0 Å². The number of hydrogen-bond acceptors (Lipinski definition) is 0. The van der Waals surface area contributed by atoms with Crippen molar-refractivity contribution in [2.75, 3.05) is 0 Å². The molecule has 0 aliphatic carbocycles. The van der Waals surface area contributed by atoms with Crippen LogP contribution in [0.25, 0.3) is 22.4 Å². The molecule has 0 atom stereocenters. The van der Waals surface area contributed by atoms with Gasteiger partial charge in [0.2, 0.25) is 5.69 Å². The van der Waals surface area contributed by atoms with Crippen LogP contribution < -0.4 is 4.57 Å². The molecule has 0 saturated carbocycles. The second-order valence-electron chi connectivity index (χ2n) is 4.95. The molecular weight excluding hydrogens is 230 g/mol. The normalized spacial score (nSPS) is 12.0. The molecule has 2 heterocycles. The topological polar surface area (TPSA) is 3.88 Å². The van der Waals surface area contributed by atoms with Crippen molar-refractivity contribution >= 4 is 0 Å². The molecule has 0 saturated heterocycles. The summed E-state index contributed by atoms with van der Waals surface area (Å²) in [5, 5.41) is 0. The van der Waals surface area contributed by atoms with Crippen molar-refractivity contribution < 1.29 is 4.57 Å². The molecule has 0 radical (unpaired) electrons. The zero-order chi connectivity index (χ0) is 12.7. The molecule has 0 amide bonds. The van der Waals surface area contributed by atoms with Gasteiger partial charge in [-0.2, -0.15) is 4.57 Å². The van der Waals surface area contributed by atoms with Crippen molar-refractivity contribution in [3.63, 3.8) is 0 Å². The molecular formula is C18H14N+. The first-order chi connectivity index (χ1) is 9.42. The van der Waals surface area contributed by atoms with Crippen LogP contribution in [-0.4, -0.2) is 0 Å². The predicted molar refractivity (Wildman–Crippen MR) is 76.6 cm³/mol. The van der Waals surface area contributed by atoms with E-state index in [0.717, 1.165) is 6.54 Å². The van der Waals surface area contributed by atoms with E-state index in [1.165, 1.54) is 27.9 Å². The fourth-order valence-electron chi connectivity index (χ4n) is 2.80. The Labute approximate surface area is 112 Å². The third-order valence-electron chi connectivity index (χ3n) is 3.78. The van der Waals surface area contributed by atoms with E-state index in [-0.39, 0.29) is 0 Å². The second kappa shape index (κ2) is 4.06. The minimum Gasteiger partial charge on any atom is -0.194 e. The van der Waals surface area contributed by atoms with Crippen molar-refractivity contribution in [3.8, 4) is 22.4 Å². The molecule has 0 spiro atoms. The maximum absolute atomic E-state index is 2.32. The standard InChI is InChI=1S/C18H14N/c1-2-6-14(7-3-1)15-10-11-19-13-16-8-4-5-9-17(16)18(19)12-15/h1-12H,13H2/q+1. The highest BCUT2D eigenvalue weighted by atomic mass is 15.0. The smallest absolute Gasteiger partial charge is 0.194 e. The van der Waals surface area contributed by atoms with E-state index in [4.69, 9.17) is 0 Å². The first-order valence-corrected chi connectivity index (χ1v) is 6.59. The van der Waals surface area contributed by atoms with Gasteiger partial charge in [-0.1, -0.05) is 48.5 Å². The molecule has 19 heavy (non-hydrogen) atoms. The summed E-state index contributed by atoms with van der Waals surface area (Å²) in [5.41, 5.74) is 6.64. The van der Waals surface area contributed by atoms with Crippen LogP contribution in [0.15, 0.2) is 72.9 Å². The van der Waals surface area contributed by atoms with Gasteiger partial charge < -0.3 is 0 Å². The number of rotatable bonds is 1. The summed E-state index contributed by atoms with van der Waals surface area (Å²) >= 11 is 0. The Bertz CT molecular complexity index is 745. The van der Waals surface area contributed by atoms with Crippen molar-refractivity contribution in [1.82, 2.24) is 0 Å². The van der Waals surface area contributed by atoms with Crippen molar-refractivity contribution in [3.05, 3.63) is 78.5 Å². The summed E-state index contributed by atoms with van der Waals surface area (Å²) in [5.74, 6) is 0. The minimum atomic E-state index is 0.987. The average molecular weight is 244 g/mol. The van der Waals surface area contributed by atoms with Gasteiger partial charge >= 0.3 is 0 Å². The van der Waals surface area contributed by atoms with Crippen molar-refractivity contribution in [2.24, 2.45) is 0 Å². The fourth-order valence-corrected chi connectivity index (χ4v) is 2.80. The molecule has 90 valence electrons. The number of fused-ring (bicyclic) bond motifs is 3. The zero-order valence-electron chi connectivity index (χ0n) is 10.6. The lowest BCUT2D eigenvalue weighted by Gasteiger charge is -2.01. The summed E-state index contributed by atoms with van der Waals surface area (Å²) in [6, 6.07) is 23.7. The molecule has 3 aromatic rings. The summed E-state index contributed by atoms with van der Waals surface area (Å²) in [7, 11) is 0. The predicted octanol–water partition coefficient (Wildman–Crippen LogP) is 3.67. The van der Waals surface area contributed by atoms with Gasteiger partial charge in [0.05, 0.1) is 5.56 Å². The van der Waals surface area contributed by atoms with E-state index in [1.54, 1.807) is 0 Å². The lowest BCUT2D eigenvalue weighted by atomic mass is 10.0. The van der Waals surface area contributed by atoms with E-state index >= 15 is 0 Å². The Morgan fingerprint density at radius 3 is 2.42 bits per heavy atom. The van der Waals surface area contributed by atoms with Crippen LogP contribution in [0.5, 0.6) is 0 Å². The molecule has 2 aromatic carbocycles. The third-order valence-corrected chi connectivity index (χ3v) is 3.78. The Balaban J connectivity index is 1.89. The van der Waals surface area contributed by atoms with Crippen molar-refractivity contribution in [1.29, 1.82) is 0 Å². The molecule has 0 fully saturated rings. The molecule has 1 aliphatic heterocycles. The van der Waals surface area contributed by atoms with Gasteiger partial charge in [-0.3, -0.25) is 0 Å². The van der Waals surface area contributed by atoms with Gasteiger partial charge in [0.25, 0.3) is 0 Å². The minimum absolute atomic E-state index is 0.987. The molecule has 1 aromatic heterocycles. The summed E-state index contributed by atoms with van der Waals surface area (Å²) in [6.07, 6.45) is 2.19. The lowest BCUT2D eigenvalue weighted by Crippen LogP contribution is -2.31. The fraction of sp³-hybridized carbons (Fsp3) is 0.0556. The quantitative estimate of drug-likeness (QED) is 0.450. The molecule has 1 heteroatoms. The van der Waals surface area contributed by atoms with E-state index in [0.29, 0.717) is 0 Å². The van der Waals surface area contributed by atoms with Crippen LogP contribution in [0, 0.1) is 0 Å². The van der Waals surface area contributed by atoms with Crippen LogP contribution in [0.2, 0.25) is 0 Å². The number of hydrogen-bond donors (Lipinski definition) is 0. The Kier molecular flexibility index (Phi) is 2.25. The Hall–Kier alpha value is -2.41. The van der Waals surface area contributed by atoms with E-state index < -0.39 is 0 Å². The average Bonchev–Trinajstić information content (AvgIpc) is 2.86. The molecule has 1 nitrogen and oxygen atoms in total. The molecule has 0 unspecified atom stereocenters. The SMILES string of the molecule is c1ccc(-c2cc[n+]3c(c2)-c2ccccc2C3)cc1. The van der Waals surface area contributed by atoms with Gasteiger partial charge in [-0.15, -0.1) is 0 Å². The van der Waals surface area contributed by atoms with Gasteiger partial charge in [-0.25, -0.2) is 0 Å². The highest BCUT2D eigenvalue weighted by molar-refractivity contribution is 5.71. The first-order valence-electron chi connectivity index (χ1n) is 6.59. The number of nitrogens with zero attached hydrogens (tertiary/aromatic N) is 1. The second-order valence-corrected chi connectivity index (χ2v) is 4.95. The van der Waals surface area contributed by atoms with Gasteiger partial charge in [0, 0.05) is 17.7 Å². The maximum Gasteiger partial charge on any atom is 0.213 e. The molecule has 0 N–H and O–H groups in total. The third kappa shape index (κ3) is 1.66. The van der Waals surface area contributed by atoms with Gasteiger partial charge in [0.1, 0.15) is 0 Å². The molecule has 0 bridgehead atoms. The maximum atomic E-state index is 2.32. The highest BCUT2D eigenvalue weighted by Crippen LogP contribution is 2.29. The summed E-state index contributed by atoms with van der Waals surface area (Å²) < 4.78 is 2.32. The summed E-state index contributed by atoms with van der Waals surface area (Å²) in [6.45, 7) is 0.987. The Morgan fingerprint density at radius 2 is 1.53 bits per heavy atom. The highest BCUT2D eigenvalue weighted by Gasteiger charge is 2.25. The zero-order valence-corrected chi connectivity index (χ0v) is 10.6. The van der Waals surface area contributed by atoms with Crippen LogP contribution in [0.4, 0.5) is 0 Å². The summed E-state index contributed by atoms with van der Waals surface area (Å²) in [4.78, 5) is 0.